The molecule has 2 aromatic carbocycles. The SMILES string of the molecule is CC(C)C(C#Cc1ccccc1)N(O)Cc1ccccc1. The van der Waals surface area contributed by atoms with Gasteiger partial charge < -0.3 is 5.21 Å². The molecular weight excluding hydrogens is 258 g/mol. The van der Waals surface area contributed by atoms with Gasteiger partial charge in [-0.05, 0) is 23.6 Å². The Labute approximate surface area is 127 Å². The zero-order valence-electron chi connectivity index (χ0n) is 12.5. The molecule has 0 aliphatic carbocycles. The van der Waals surface area contributed by atoms with Gasteiger partial charge in [-0.2, -0.15) is 5.06 Å². The molecule has 0 aliphatic rings. The molecule has 21 heavy (non-hydrogen) atoms. The third kappa shape index (κ3) is 4.75. The Morgan fingerprint density at radius 1 is 0.952 bits per heavy atom. The van der Waals surface area contributed by atoms with Crippen LogP contribution < -0.4 is 0 Å². The van der Waals surface area contributed by atoms with Gasteiger partial charge in [-0.25, -0.2) is 0 Å². The summed E-state index contributed by atoms with van der Waals surface area (Å²) >= 11 is 0. The molecule has 1 N–H and O–H groups in total. The maximum absolute atomic E-state index is 10.3. The van der Waals surface area contributed by atoms with Gasteiger partial charge in [-0.1, -0.05) is 74.2 Å². The van der Waals surface area contributed by atoms with E-state index in [9.17, 15) is 5.21 Å². The van der Waals surface area contributed by atoms with Crippen molar-refractivity contribution >= 4 is 0 Å². The summed E-state index contributed by atoms with van der Waals surface area (Å²) in [5.74, 6) is 6.57. The van der Waals surface area contributed by atoms with Crippen LogP contribution in [0.3, 0.4) is 0 Å². The Morgan fingerprint density at radius 2 is 1.52 bits per heavy atom. The van der Waals surface area contributed by atoms with Gasteiger partial charge in [0.2, 0.25) is 0 Å². The predicted molar refractivity (Wildman–Crippen MR) is 85.7 cm³/mol. The van der Waals surface area contributed by atoms with Crippen molar-refractivity contribution in [1.29, 1.82) is 0 Å². The van der Waals surface area contributed by atoms with E-state index in [-0.39, 0.29) is 12.0 Å². The Hall–Kier alpha value is -2.08. The van der Waals surface area contributed by atoms with Crippen LogP contribution in [0.25, 0.3) is 0 Å². The van der Waals surface area contributed by atoms with Crippen LogP contribution in [0.15, 0.2) is 60.7 Å². The van der Waals surface area contributed by atoms with Crippen molar-refractivity contribution in [2.45, 2.75) is 26.4 Å². The molecule has 0 aromatic heterocycles. The fraction of sp³-hybridized carbons (Fsp3) is 0.263. The normalized spacial score (nSPS) is 12.0. The Kier molecular flexibility index (Phi) is 5.57. The monoisotopic (exact) mass is 279 g/mol. The highest BCUT2D eigenvalue weighted by Crippen LogP contribution is 2.12. The van der Waals surface area contributed by atoms with Crippen LogP contribution in [-0.4, -0.2) is 16.3 Å². The molecule has 0 bridgehead atoms. The summed E-state index contributed by atoms with van der Waals surface area (Å²) in [5.41, 5.74) is 2.04. The minimum atomic E-state index is -0.189. The highest BCUT2D eigenvalue weighted by atomic mass is 16.5. The van der Waals surface area contributed by atoms with Gasteiger partial charge >= 0.3 is 0 Å². The van der Waals surface area contributed by atoms with E-state index in [0.29, 0.717) is 6.54 Å². The van der Waals surface area contributed by atoms with Crippen LogP contribution in [0.5, 0.6) is 0 Å². The summed E-state index contributed by atoms with van der Waals surface area (Å²) in [6, 6.07) is 19.6. The standard InChI is InChI=1S/C19H21NO/c1-16(2)19(14-13-17-9-5-3-6-10-17)20(21)15-18-11-7-4-8-12-18/h3-12,16,19,21H,15H2,1-2H3. The van der Waals surface area contributed by atoms with E-state index in [1.807, 2.05) is 60.7 Å². The molecule has 2 aromatic rings. The van der Waals surface area contributed by atoms with Crippen molar-refractivity contribution in [1.82, 2.24) is 5.06 Å². The first-order chi connectivity index (χ1) is 10.2. The second-order valence-corrected chi connectivity index (χ2v) is 5.41. The molecule has 0 heterocycles. The van der Waals surface area contributed by atoms with E-state index in [2.05, 4.69) is 25.7 Å². The van der Waals surface area contributed by atoms with E-state index >= 15 is 0 Å². The molecule has 0 spiro atoms. The Balaban J connectivity index is 2.10. The molecule has 0 aliphatic heterocycles. The van der Waals surface area contributed by atoms with Gasteiger partial charge in [0.15, 0.2) is 0 Å². The van der Waals surface area contributed by atoms with Crippen molar-refractivity contribution in [3.63, 3.8) is 0 Å². The number of hydroxylamine groups is 2. The number of benzene rings is 2. The van der Waals surface area contributed by atoms with Crippen molar-refractivity contribution in [3.8, 4) is 11.8 Å². The topological polar surface area (TPSA) is 23.5 Å². The van der Waals surface area contributed by atoms with E-state index in [0.717, 1.165) is 11.1 Å². The number of rotatable bonds is 4. The molecule has 108 valence electrons. The molecule has 1 atom stereocenters. The molecule has 0 amide bonds. The minimum Gasteiger partial charge on any atom is -0.312 e. The average molecular weight is 279 g/mol. The lowest BCUT2D eigenvalue weighted by atomic mass is 10.0. The summed E-state index contributed by atoms with van der Waals surface area (Å²) in [5, 5.41) is 11.7. The van der Waals surface area contributed by atoms with E-state index in [1.165, 1.54) is 5.06 Å². The van der Waals surface area contributed by atoms with E-state index in [4.69, 9.17) is 0 Å². The lowest BCUT2D eigenvalue weighted by Gasteiger charge is -2.24. The molecule has 2 rings (SSSR count). The quantitative estimate of drug-likeness (QED) is 0.676. The number of hydrogen-bond donors (Lipinski definition) is 1. The maximum Gasteiger partial charge on any atom is 0.0986 e. The summed E-state index contributed by atoms with van der Waals surface area (Å²) in [6.45, 7) is 4.62. The van der Waals surface area contributed by atoms with Crippen molar-refractivity contribution in [3.05, 3.63) is 71.8 Å². The second-order valence-electron chi connectivity index (χ2n) is 5.41. The van der Waals surface area contributed by atoms with Crippen LogP contribution >= 0.6 is 0 Å². The number of nitrogens with zero attached hydrogens (tertiary/aromatic N) is 1. The van der Waals surface area contributed by atoms with Crippen molar-refractivity contribution < 1.29 is 5.21 Å². The van der Waals surface area contributed by atoms with Gasteiger partial charge in [0.25, 0.3) is 0 Å². The maximum atomic E-state index is 10.3. The molecule has 2 heteroatoms. The summed E-state index contributed by atoms with van der Waals surface area (Å²) in [6.07, 6.45) is 0. The van der Waals surface area contributed by atoms with Gasteiger partial charge in [-0.15, -0.1) is 0 Å². The largest absolute Gasteiger partial charge is 0.312 e. The lowest BCUT2D eigenvalue weighted by Crippen LogP contribution is -2.34. The average Bonchev–Trinajstić information content (AvgIpc) is 2.49. The van der Waals surface area contributed by atoms with Crippen LogP contribution in [0.2, 0.25) is 0 Å². The first-order valence-corrected chi connectivity index (χ1v) is 7.23. The fourth-order valence-electron chi connectivity index (χ4n) is 2.13. The smallest absolute Gasteiger partial charge is 0.0986 e. The second kappa shape index (κ2) is 7.64. The van der Waals surface area contributed by atoms with Crippen molar-refractivity contribution in [2.75, 3.05) is 0 Å². The predicted octanol–water partition coefficient (Wildman–Crippen LogP) is 3.95. The lowest BCUT2D eigenvalue weighted by molar-refractivity contribution is -0.129. The third-order valence-corrected chi connectivity index (χ3v) is 3.28. The highest BCUT2D eigenvalue weighted by Gasteiger charge is 2.18. The zero-order chi connectivity index (χ0) is 15.1. The van der Waals surface area contributed by atoms with Gasteiger partial charge in [0, 0.05) is 5.56 Å². The van der Waals surface area contributed by atoms with Crippen LogP contribution in [-0.2, 0) is 6.54 Å². The minimum absolute atomic E-state index is 0.189. The Morgan fingerprint density at radius 3 is 2.10 bits per heavy atom. The summed E-state index contributed by atoms with van der Waals surface area (Å²) < 4.78 is 0. The first-order valence-electron chi connectivity index (χ1n) is 7.23. The molecule has 0 saturated carbocycles. The van der Waals surface area contributed by atoms with Crippen LogP contribution in [0, 0.1) is 17.8 Å². The fourth-order valence-corrected chi connectivity index (χ4v) is 2.13. The summed E-state index contributed by atoms with van der Waals surface area (Å²) in [4.78, 5) is 0. The van der Waals surface area contributed by atoms with Crippen LogP contribution in [0.1, 0.15) is 25.0 Å². The van der Waals surface area contributed by atoms with E-state index < -0.39 is 0 Å². The molecule has 2 nitrogen and oxygen atoms in total. The molecule has 0 fully saturated rings. The third-order valence-electron chi connectivity index (χ3n) is 3.28. The van der Waals surface area contributed by atoms with Gasteiger partial charge in [-0.3, -0.25) is 0 Å². The molecule has 0 saturated heterocycles. The first kappa shape index (κ1) is 15.3. The highest BCUT2D eigenvalue weighted by molar-refractivity contribution is 5.35. The van der Waals surface area contributed by atoms with Gasteiger partial charge in [0.05, 0.1) is 12.6 Å². The summed E-state index contributed by atoms with van der Waals surface area (Å²) in [7, 11) is 0. The van der Waals surface area contributed by atoms with Gasteiger partial charge in [0.1, 0.15) is 0 Å². The van der Waals surface area contributed by atoms with Crippen molar-refractivity contribution in [2.24, 2.45) is 5.92 Å². The van der Waals surface area contributed by atoms with Crippen LogP contribution in [0.4, 0.5) is 0 Å². The van der Waals surface area contributed by atoms with E-state index in [1.54, 1.807) is 0 Å². The number of hydrogen-bond acceptors (Lipinski definition) is 2. The molecule has 1 unspecified atom stereocenters. The zero-order valence-corrected chi connectivity index (χ0v) is 12.5. The molecule has 0 radical (unpaired) electrons. The Bertz CT molecular complexity index is 596. The molecular formula is C19H21NO.